The van der Waals surface area contributed by atoms with Gasteiger partial charge in [-0.15, -0.1) is 0 Å². The first-order valence-electron chi connectivity index (χ1n) is 6.14. The zero-order valence-electron chi connectivity index (χ0n) is 10.3. The monoisotopic (exact) mass is 280 g/mol. The van der Waals surface area contributed by atoms with Crippen molar-refractivity contribution in [2.45, 2.75) is 18.6 Å². The van der Waals surface area contributed by atoms with E-state index in [1.807, 2.05) is 0 Å². The van der Waals surface area contributed by atoms with Crippen LogP contribution in [0.5, 0.6) is 5.75 Å². The molecule has 3 rings (SSSR count). The average Bonchev–Trinajstić information content (AvgIpc) is 2.41. The Labute approximate surface area is 113 Å². The predicted octanol–water partition coefficient (Wildman–Crippen LogP) is 3.66. The summed E-state index contributed by atoms with van der Waals surface area (Å²) >= 11 is 0. The van der Waals surface area contributed by atoms with E-state index in [4.69, 9.17) is 4.74 Å². The minimum absolute atomic E-state index is 0.0129. The lowest BCUT2D eigenvalue weighted by Crippen LogP contribution is -2.20. The summed E-state index contributed by atoms with van der Waals surface area (Å²) in [6, 6.07) is 7.53. The van der Waals surface area contributed by atoms with Crippen molar-refractivity contribution in [3.63, 3.8) is 0 Å². The van der Waals surface area contributed by atoms with Crippen LogP contribution in [-0.4, -0.2) is 5.11 Å². The van der Waals surface area contributed by atoms with Crippen molar-refractivity contribution in [2.75, 3.05) is 0 Å². The first-order chi connectivity index (χ1) is 9.56. The van der Waals surface area contributed by atoms with Crippen LogP contribution >= 0.6 is 0 Å². The Morgan fingerprint density at radius 1 is 1.05 bits per heavy atom. The van der Waals surface area contributed by atoms with Gasteiger partial charge in [0, 0.05) is 23.6 Å². The molecule has 2 aromatic rings. The molecule has 0 spiro atoms. The molecule has 5 heteroatoms. The fraction of sp³-hybridized carbons (Fsp3) is 0.200. The molecule has 2 aromatic carbocycles. The number of rotatable bonds is 1. The molecule has 2 atom stereocenters. The van der Waals surface area contributed by atoms with Crippen molar-refractivity contribution in [1.82, 2.24) is 0 Å². The molecular formula is C15H11F3O2. The molecular weight excluding hydrogens is 269 g/mol. The van der Waals surface area contributed by atoms with Crippen molar-refractivity contribution in [3.05, 3.63) is 65.0 Å². The molecule has 0 fully saturated rings. The molecule has 2 nitrogen and oxygen atoms in total. The molecule has 1 aliphatic heterocycles. The Kier molecular flexibility index (Phi) is 3.14. The van der Waals surface area contributed by atoms with Crippen LogP contribution in [0.2, 0.25) is 0 Å². The number of fused-ring (bicyclic) bond motifs is 1. The standard InChI is InChI=1S/C15H11F3O2/c16-8-4-5-9-12(19)7-14(20-13(9)6-8)10-2-1-3-11(17)15(10)18/h1-6,12,14,19H,7H2/t12-,14?/m0/s1. The van der Waals surface area contributed by atoms with E-state index >= 15 is 0 Å². The van der Waals surface area contributed by atoms with Crippen LogP contribution in [0, 0.1) is 17.5 Å². The van der Waals surface area contributed by atoms with E-state index < -0.39 is 29.7 Å². The predicted molar refractivity (Wildman–Crippen MR) is 65.7 cm³/mol. The Hall–Kier alpha value is -2.01. The molecule has 0 radical (unpaired) electrons. The maximum absolute atomic E-state index is 13.8. The van der Waals surface area contributed by atoms with Crippen LogP contribution in [-0.2, 0) is 0 Å². The summed E-state index contributed by atoms with van der Waals surface area (Å²) in [6.07, 6.45) is -1.68. The fourth-order valence-electron chi connectivity index (χ4n) is 2.38. The highest BCUT2D eigenvalue weighted by Gasteiger charge is 2.30. The van der Waals surface area contributed by atoms with Crippen LogP contribution in [0.3, 0.4) is 0 Å². The van der Waals surface area contributed by atoms with Gasteiger partial charge in [-0.3, -0.25) is 0 Å². The van der Waals surface area contributed by atoms with E-state index in [-0.39, 0.29) is 17.7 Å². The summed E-state index contributed by atoms with van der Waals surface area (Å²) in [7, 11) is 0. The maximum Gasteiger partial charge on any atom is 0.165 e. The molecule has 0 amide bonds. The molecule has 1 aliphatic rings. The molecule has 0 saturated heterocycles. The number of aliphatic hydroxyl groups excluding tert-OH is 1. The third-order valence-corrected chi connectivity index (χ3v) is 3.37. The summed E-state index contributed by atoms with van der Waals surface area (Å²) in [5, 5.41) is 10.0. The normalized spacial score (nSPS) is 21.2. The Bertz CT molecular complexity index is 658. The number of hydrogen-bond donors (Lipinski definition) is 1. The van der Waals surface area contributed by atoms with Crippen LogP contribution in [0.15, 0.2) is 36.4 Å². The molecule has 104 valence electrons. The minimum atomic E-state index is -1.01. The summed E-state index contributed by atoms with van der Waals surface area (Å²) in [6.45, 7) is 0. The second kappa shape index (κ2) is 4.83. The van der Waals surface area contributed by atoms with Gasteiger partial charge in [0.05, 0.1) is 6.10 Å². The Morgan fingerprint density at radius 2 is 1.85 bits per heavy atom. The smallest absolute Gasteiger partial charge is 0.165 e. The second-order valence-electron chi connectivity index (χ2n) is 4.68. The van der Waals surface area contributed by atoms with Crippen molar-refractivity contribution < 1.29 is 23.0 Å². The van der Waals surface area contributed by atoms with E-state index in [1.54, 1.807) is 0 Å². The first kappa shape index (κ1) is 13.0. The van der Waals surface area contributed by atoms with Gasteiger partial charge < -0.3 is 9.84 Å². The summed E-state index contributed by atoms with van der Waals surface area (Å²) in [5.74, 6) is -2.36. The maximum atomic E-state index is 13.8. The zero-order chi connectivity index (χ0) is 14.3. The van der Waals surface area contributed by atoms with E-state index in [0.29, 0.717) is 5.56 Å². The minimum Gasteiger partial charge on any atom is -0.485 e. The molecule has 0 aliphatic carbocycles. The number of halogens is 3. The molecule has 0 aromatic heterocycles. The summed E-state index contributed by atoms with van der Waals surface area (Å²) < 4.78 is 45.7. The van der Waals surface area contributed by atoms with Crippen LogP contribution < -0.4 is 4.74 Å². The van der Waals surface area contributed by atoms with E-state index in [9.17, 15) is 18.3 Å². The number of hydrogen-bond acceptors (Lipinski definition) is 2. The lowest BCUT2D eigenvalue weighted by molar-refractivity contribution is 0.0633. The van der Waals surface area contributed by atoms with Gasteiger partial charge in [0.2, 0.25) is 0 Å². The number of benzene rings is 2. The van der Waals surface area contributed by atoms with Crippen LogP contribution in [0.1, 0.15) is 29.8 Å². The third-order valence-electron chi connectivity index (χ3n) is 3.37. The van der Waals surface area contributed by atoms with Gasteiger partial charge in [-0.25, -0.2) is 13.2 Å². The van der Waals surface area contributed by atoms with E-state index in [1.165, 1.54) is 24.3 Å². The van der Waals surface area contributed by atoms with Gasteiger partial charge in [0.25, 0.3) is 0 Å². The van der Waals surface area contributed by atoms with Crippen molar-refractivity contribution in [1.29, 1.82) is 0 Å². The highest BCUT2D eigenvalue weighted by molar-refractivity contribution is 5.39. The highest BCUT2D eigenvalue weighted by atomic mass is 19.2. The third kappa shape index (κ3) is 2.14. The van der Waals surface area contributed by atoms with Crippen LogP contribution in [0.25, 0.3) is 0 Å². The van der Waals surface area contributed by atoms with Gasteiger partial charge in [0.1, 0.15) is 17.7 Å². The quantitative estimate of drug-likeness (QED) is 0.863. The Morgan fingerprint density at radius 3 is 2.65 bits per heavy atom. The number of aliphatic hydroxyl groups is 1. The van der Waals surface area contributed by atoms with Gasteiger partial charge in [-0.1, -0.05) is 12.1 Å². The van der Waals surface area contributed by atoms with Crippen molar-refractivity contribution in [2.24, 2.45) is 0 Å². The molecule has 1 heterocycles. The molecule has 0 saturated carbocycles. The zero-order valence-corrected chi connectivity index (χ0v) is 10.3. The lowest BCUT2D eigenvalue weighted by atomic mass is 9.94. The SMILES string of the molecule is O[C@H]1CC(c2cccc(F)c2F)Oc2cc(F)ccc21. The average molecular weight is 280 g/mol. The molecule has 20 heavy (non-hydrogen) atoms. The van der Waals surface area contributed by atoms with Gasteiger partial charge in [-0.2, -0.15) is 0 Å². The summed E-state index contributed by atoms with van der Waals surface area (Å²) in [4.78, 5) is 0. The largest absolute Gasteiger partial charge is 0.485 e. The fourth-order valence-corrected chi connectivity index (χ4v) is 2.38. The highest BCUT2D eigenvalue weighted by Crippen LogP contribution is 2.41. The van der Waals surface area contributed by atoms with Gasteiger partial charge in [-0.05, 0) is 18.2 Å². The first-order valence-corrected chi connectivity index (χ1v) is 6.14. The second-order valence-corrected chi connectivity index (χ2v) is 4.68. The van der Waals surface area contributed by atoms with Crippen molar-refractivity contribution >= 4 is 0 Å². The lowest BCUT2D eigenvalue weighted by Gasteiger charge is -2.30. The molecule has 1 unspecified atom stereocenters. The topological polar surface area (TPSA) is 29.5 Å². The van der Waals surface area contributed by atoms with Crippen molar-refractivity contribution in [3.8, 4) is 5.75 Å². The summed E-state index contributed by atoms with van der Waals surface area (Å²) in [5.41, 5.74) is 0.457. The van der Waals surface area contributed by atoms with E-state index in [0.717, 1.165) is 12.1 Å². The molecule has 0 bridgehead atoms. The van der Waals surface area contributed by atoms with E-state index in [2.05, 4.69) is 0 Å². The van der Waals surface area contributed by atoms with Gasteiger partial charge >= 0.3 is 0 Å². The Balaban J connectivity index is 2.00. The van der Waals surface area contributed by atoms with Crippen LogP contribution in [0.4, 0.5) is 13.2 Å². The number of ether oxygens (including phenoxy) is 1. The molecule has 1 N–H and O–H groups in total. The van der Waals surface area contributed by atoms with Gasteiger partial charge in [0.15, 0.2) is 11.6 Å².